The number of thiocarbonyl (C=S) groups is 1. The summed E-state index contributed by atoms with van der Waals surface area (Å²) in [6, 6.07) is 19.3. The molecule has 0 saturated carbocycles. The molecule has 0 aliphatic rings. The van der Waals surface area contributed by atoms with Gasteiger partial charge in [-0.2, -0.15) is 18.3 Å². The van der Waals surface area contributed by atoms with Gasteiger partial charge in [0.25, 0.3) is 0 Å². The van der Waals surface area contributed by atoms with Crippen molar-refractivity contribution in [2.45, 2.75) is 6.18 Å². The SMILES string of the molecule is FC(F)(F)c1cccc(NC(=S)Nc2ccc(Oc3ccccc3-c3ncnc4[nH]ncc34)cc2)c1. The van der Waals surface area contributed by atoms with Crippen LogP contribution in [0.3, 0.4) is 0 Å². The maximum atomic E-state index is 12.9. The van der Waals surface area contributed by atoms with Gasteiger partial charge >= 0.3 is 6.18 Å². The first kappa shape index (κ1) is 23.2. The van der Waals surface area contributed by atoms with E-state index in [1.54, 1.807) is 30.5 Å². The summed E-state index contributed by atoms with van der Waals surface area (Å²) in [6.45, 7) is 0. The van der Waals surface area contributed by atoms with E-state index in [4.69, 9.17) is 17.0 Å². The van der Waals surface area contributed by atoms with Crippen molar-refractivity contribution in [3.05, 3.63) is 90.9 Å². The number of H-pyrrole nitrogens is 1. The Morgan fingerprint density at radius 2 is 1.67 bits per heavy atom. The molecule has 2 aromatic heterocycles. The zero-order valence-electron chi connectivity index (χ0n) is 18.4. The largest absolute Gasteiger partial charge is 0.457 e. The number of ether oxygens (including phenoxy) is 1. The molecule has 0 bridgehead atoms. The number of para-hydroxylation sites is 1. The predicted molar refractivity (Wildman–Crippen MR) is 135 cm³/mol. The molecule has 3 aromatic carbocycles. The van der Waals surface area contributed by atoms with Gasteiger partial charge in [0.2, 0.25) is 0 Å². The minimum absolute atomic E-state index is 0.154. The topological polar surface area (TPSA) is 87.8 Å². The average molecular weight is 507 g/mol. The van der Waals surface area contributed by atoms with Crippen molar-refractivity contribution in [3.8, 4) is 22.8 Å². The van der Waals surface area contributed by atoms with Gasteiger partial charge in [0.05, 0.1) is 22.8 Å². The van der Waals surface area contributed by atoms with Crippen LogP contribution in [-0.4, -0.2) is 25.3 Å². The smallest absolute Gasteiger partial charge is 0.416 e. The molecule has 0 spiro atoms. The molecule has 0 unspecified atom stereocenters. The van der Waals surface area contributed by atoms with Crippen LogP contribution in [0, 0.1) is 0 Å². The minimum Gasteiger partial charge on any atom is -0.457 e. The number of aromatic amines is 1. The standard InChI is InChI=1S/C25H17F3N6OS/c26-25(27,28)15-4-3-5-17(12-15)33-24(36)32-16-8-10-18(11-9-16)35-21-7-2-1-6-19(21)22-20-13-31-34-23(20)30-14-29-22/h1-14H,(H2,32,33,36)(H,29,30,31,34). The molecule has 3 N–H and O–H groups in total. The van der Waals surface area contributed by atoms with Crippen molar-refractivity contribution in [1.29, 1.82) is 0 Å². The van der Waals surface area contributed by atoms with E-state index in [1.807, 2.05) is 24.3 Å². The Hall–Kier alpha value is -4.51. The molecule has 7 nitrogen and oxygen atoms in total. The van der Waals surface area contributed by atoms with Crippen LogP contribution < -0.4 is 15.4 Å². The number of halogens is 3. The quantitative estimate of drug-likeness (QED) is 0.230. The Bertz CT molecular complexity index is 1540. The van der Waals surface area contributed by atoms with Gasteiger partial charge in [-0.05, 0) is 66.8 Å². The first-order valence-corrected chi connectivity index (χ1v) is 11.0. The van der Waals surface area contributed by atoms with Gasteiger partial charge in [-0.15, -0.1) is 0 Å². The van der Waals surface area contributed by atoms with Crippen LogP contribution in [0.25, 0.3) is 22.3 Å². The summed E-state index contributed by atoms with van der Waals surface area (Å²) in [7, 11) is 0. The first-order chi connectivity index (χ1) is 17.4. The number of benzene rings is 3. The van der Waals surface area contributed by atoms with Gasteiger partial charge in [-0.25, -0.2) is 9.97 Å². The minimum atomic E-state index is -4.43. The number of rotatable bonds is 5. The van der Waals surface area contributed by atoms with Crippen molar-refractivity contribution in [2.24, 2.45) is 0 Å². The van der Waals surface area contributed by atoms with Crippen LogP contribution in [0.4, 0.5) is 24.5 Å². The van der Waals surface area contributed by atoms with E-state index in [9.17, 15) is 13.2 Å². The van der Waals surface area contributed by atoms with Gasteiger partial charge in [0.1, 0.15) is 17.8 Å². The molecule has 180 valence electrons. The highest BCUT2D eigenvalue weighted by molar-refractivity contribution is 7.80. The average Bonchev–Trinajstić information content (AvgIpc) is 3.34. The van der Waals surface area contributed by atoms with Crippen molar-refractivity contribution in [3.63, 3.8) is 0 Å². The number of aromatic nitrogens is 4. The molecule has 5 rings (SSSR count). The Morgan fingerprint density at radius 3 is 2.47 bits per heavy atom. The summed E-state index contributed by atoms with van der Waals surface area (Å²) in [4.78, 5) is 8.58. The molecule has 0 saturated heterocycles. The summed E-state index contributed by atoms with van der Waals surface area (Å²) in [5, 5.41) is 13.5. The zero-order valence-corrected chi connectivity index (χ0v) is 19.2. The van der Waals surface area contributed by atoms with Gasteiger partial charge in [-0.3, -0.25) is 5.10 Å². The molecule has 11 heteroatoms. The Labute approximate surface area is 208 Å². The highest BCUT2D eigenvalue weighted by Gasteiger charge is 2.30. The van der Waals surface area contributed by atoms with E-state index in [0.29, 0.717) is 28.5 Å². The summed E-state index contributed by atoms with van der Waals surface area (Å²) in [5.74, 6) is 1.17. The summed E-state index contributed by atoms with van der Waals surface area (Å²) in [6.07, 6.45) is -1.30. The lowest BCUT2D eigenvalue weighted by Crippen LogP contribution is -2.19. The van der Waals surface area contributed by atoms with E-state index in [2.05, 4.69) is 30.8 Å². The van der Waals surface area contributed by atoms with Crippen LogP contribution in [0.2, 0.25) is 0 Å². The van der Waals surface area contributed by atoms with E-state index in [0.717, 1.165) is 23.1 Å². The number of anilines is 2. The number of alkyl halides is 3. The van der Waals surface area contributed by atoms with Crippen molar-refractivity contribution < 1.29 is 17.9 Å². The van der Waals surface area contributed by atoms with Crippen LogP contribution in [0.5, 0.6) is 11.5 Å². The predicted octanol–water partition coefficient (Wildman–Crippen LogP) is 6.64. The first-order valence-electron chi connectivity index (χ1n) is 10.6. The molecule has 36 heavy (non-hydrogen) atoms. The molecular formula is C25H17F3N6OS. The van der Waals surface area contributed by atoms with Crippen molar-refractivity contribution >= 4 is 39.7 Å². The van der Waals surface area contributed by atoms with Gasteiger partial charge in [-0.1, -0.05) is 18.2 Å². The molecule has 0 amide bonds. The number of nitrogens with one attached hydrogen (secondary N) is 3. The van der Waals surface area contributed by atoms with Gasteiger partial charge < -0.3 is 15.4 Å². The Morgan fingerprint density at radius 1 is 0.889 bits per heavy atom. The van der Waals surface area contributed by atoms with Crippen LogP contribution in [0.1, 0.15) is 5.56 Å². The van der Waals surface area contributed by atoms with Crippen molar-refractivity contribution in [2.75, 3.05) is 10.6 Å². The second-order valence-corrected chi connectivity index (χ2v) is 8.04. The summed E-state index contributed by atoms with van der Waals surface area (Å²) >= 11 is 5.24. The molecule has 0 radical (unpaired) electrons. The van der Waals surface area contributed by atoms with Crippen LogP contribution in [-0.2, 0) is 6.18 Å². The lowest BCUT2D eigenvalue weighted by molar-refractivity contribution is -0.137. The fourth-order valence-electron chi connectivity index (χ4n) is 3.53. The Kier molecular flexibility index (Phi) is 6.21. The second kappa shape index (κ2) is 9.62. The molecule has 0 fully saturated rings. The maximum absolute atomic E-state index is 12.9. The summed E-state index contributed by atoms with van der Waals surface area (Å²) in [5.41, 5.74) is 2.20. The van der Waals surface area contributed by atoms with E-state index in [1.165, 1.54) is 18.5 Å². The highest BCUT2D eigenvalue weighted by Crippen LogP contribution is 2.35. The fraction of sp³-hybridized carbons (Fsp3) is 0.0400. The number of hydrogen-bond donors (Lipinski definition) is 3. The monoisotopic (exact) mass is 506 g/mol. The van der Waals surface area contributed by atoms with E-state index >= 15 is 0 Å². The number of fused-ring (bicyclic) bond motifs is 1. The zero-order chi connectivity index (χ0) is 25.1. The number of hydrogen-bond acceptors (Lipinski definition) is 5. The molecule has 0 atom stereocenters. The van der Waals surface area contributed by atoms with Crippen LogP contribution >= 0.6 is 12.2 Å². The van der Waals surface area contributed by atoms with Gasteiger partial charge in [0, 0.05) is 16.9 Å². The molecular weight excluding hydrogens is 489 g/mol. The third-order valence-electron chi connectivity index (χ3n) is 5.18. The van der Waals surface area contributed by atoms with Gasteiger partial charge in [0.15, 0.2) is 10.8 Å². The van der Waals surface area contributed by atoms with Crippen LogP contribution in [0.15, 0.2) is 85.3 Å². The second-order valence-electron chi connectivity index (χ2n) is 7.63. The van der Waals surface area contributed by atoms with Crippen molar-refractivity contribution in [1.82, 2.24) is 20.2 Å². The third kappa shape index (κ3) is 5.10. The molecule has 0 aliphatic carbocycles. The van der Waals surface area contributed by atoms with E-state index in [-0.39, 0.29) is 10.8 Å². The fourth-order valence-corrected chi connectivity index (χ4v) is 3.77. The number of nitrogens with zero attached hydrogens (tertiary/aromatic N) is 3. The third-order valence-corrected chi connectivity index (χ3v) is 5.38. The summed E-state index contributed by atoms with van der Waals surface area (Å²) < 4.78 is 44.9. The molecule has 0 aliphatic heterocycles. The molecule has 2 heterocycles. The maximum Gasteiger partial charge on any atom is 0.416 e. The van der Waals surface area contributed by atoms with E-state index < -0.39 is 11.7 Å². The lowest BCUT2D eigenvalue weighted by atomic mass is 10.1. The highest BCUT2D eigenvalue weighted by atomic mass is 32.1. The normalized spacial score (nSPS) is 11.3. The Balaban J connectivity index is 1.28. The lowest BCUT2D eigenvalue weighted by Gasteiger charge is -2.14. The molecule has 5 aromatic rings.